The summed E-state index contributed by atoms with van der Waals surface area (Å²) in [4.78, 5) is 13.6. The van der Waals surface area contributed by atoms with Gasteiger partial charge in [-0.1, -0.05) is 31.2 Å². The molecule has 1 atom stereocenters. The fraction of sp³-hybridized carbons (Fsp3) is 0.381. The average molecular weight is 421 g/mol. The molecule has 0 aliphatic carbocycles. The van der Waals surface area contributed by atoms with Crippen LogP contribution in [-0.2, 0) is 14.8 Å². The van der Waals surface area contributed by atoms with Gasteiger partial charge in [0.1, 0.15) is 6.54 Å². The SMILES string of the molecule is CC[C@H](NC(=O)CN(c1cccc(SC)c1)S(C)(=O)=O)c1ccc(C)c(C)c1. The van der Waals surface area contributed by atoms with Crippen LogP contribution in [0.2, 0.25) is 0 Å². The van der Waals surface area contributed by atoms with Crippen LogP contribution in [0.15, 0.2) is 47.4 Å². The highest BCUT2D eigenvalue weighted by Gasteiger charge is 2.23. The first kappa shape index (κ1) is 22.3. The number of thioether (sulfide) groups is 1. The molecule has 0 saturated heterocycles. The number of nitrogens with one attached hydrogen (secondary N) is 1. The Morgan fingerprint density at radius 3 is 2.43 bits per heavy atom. The Kier molecular flexibility index (Phi) is 7.55. The highest BCUT2D eigenvalue weighted by Crippen LogP contribution is 2.24. The standard InChI is InChI=1S/C21H28N2O3S2/c1-6-20(17-11-10-15(2)16(3)12-17)22-21(24)14-23(28(5,25)26)18-8-7-9-19(13-18)27-4/h7-13,20H,6,14H2,1-5H3,(H,22,24)/t20-/m0/s1. The fourth-order valence-electron chi connectivity index (χ4n) is 2.94. The maximum absolute atomic E-state index is 12.7. The lowest BCUT2D eigenvalue weighted by Gasteiger charge is -2.24. The van der Waals surface area contributed by atoms with E-state index in [1.54, 1.807) is 18.2 Å². The number of benzene rings is 2. The molecule has 0 fully saturated rings. The van der Waals surface area contributed by atoms with Crippen molar-refractivity contribution in [1.29, 1.82) is 0 Å². The largest absolute Gasteiger partial charge is 0.348 e. The molecule has 2 aromatic rings. The number of amides is 1. The van der Waals surface area contributed by atoms with E-state index in [1.807, 2.05) is 45.2 Å². The summed E-state index contributed by atoms with van der Waals surface area (Å²) in [5.74, 6) is -0.329. The third-order valence-corrected chi connectivity index (χ3v) is 6.57. The second-order valence-corrected chi connectivity index (χ2v) is 9.63. The predicted octanol–water partition coefficient (Wildman–Crippen LogP) is 4.06. The lowest BCUT2D eigenvalue weighted by molar-refractivity contribution is -0.120. The minimum absolute atomic E-state index is 0.161. The van der Waals surface area contributed by atoms with Crippen molar-refractivity contribution >= 4 is 33.4 Å². The predicted molar refractivity (Wildman–Crippen MR) is 118 cm³/mol. The molecular weight excluding hydrogens is 392 g/mol. The van der Waals surface area contributed by atoms with Crippen molar-refractivity contribution in [2.75, 3.05) is 23.4 Å². The lowest BCUT2D eigenvalue weighted by Crippen LogP contribution is -2.41. The van der Waals surface area contributed by atoms with E-state index in [9.17, 15) is 13.2 Å². The topological polar surface area (TPSA) is 66.5 Å². The van der Waals surface area contributed by atoms with E-state index in [0.29, 0.717) is 5.69 Å². The molecule has 7 heteroatoms. The Balaban J connectivity index is 2.21. The van der Waals surface area contributed by atoms with Gasteiger partial charge in [-0.05, 0) is 61.4 Å². The van der Waals surface area contributed by atoms with Crippen LogP contribution in [-0.4, -0.2) is 33.4 Å². The van der Waals surface area contributed by atoms with Crippen molar-refractivity contribution in [2.24, 2.45) is 0 Å². The van der Waals surface area contributed by atoms with Crippen molar-refractivity contribution in [1.82, 2.24) is 5.32 Å². The minimum Gasteiger partial charge on any atom is -0.348 e. The number of rotatable bonds is 8. The number of sulfonamides is 1. The Morgan fingerprint density at radius 1 is 1.14 bits per heavy atom. The molecule has 5 nitrogen and oxygen atoms in total. The van der Waals surface area contributed by atoms with Crippen molar-refractivity contribution in [2.45, 2.75) is 38.1 Å². The van der Waals surface area contributed by atoms with E-state index >= 15 is 0 Å². The van der Waals surface area contributed by atoms with Crippen molar-refractivity contribution in [3.8, 4) is 0 Å². The van der Waals surface area contributed by atoms with Gasteiger partial charge in [0.15, 0.2) is 0 Å². The van der Waals surface area contributed by atoms with Crippen LogP contribution >= 0.6 is 11.8 Å². The van der Waals surface area contributed by atoms with Crippen LogP contribution in [0.4, 0.5) is 5.69 Å². The lowest BCUT2D eigenvalue weighted by atomic mass is 9.99. The molecule has 1 N–H and O–H groups in total. The summed E-state index contributed by atoms with van der Waals surface area (Å²) in [7, 11) is -3.59. The monoisotopic (exact) mass is 420 g/mol. The zero-order valence-electron chi connectivity index (χ0n) is 17.0. The van der Waals surface area contributed by atoms with Gasteiger partial charge in [0.25, 0.3) is 0 Å². The molecule has 152 valence electrons. The van der Waals surface area contributed by atoms with Gasteiger partial charge in [0.05, 0.1) is 18.0 Å². The van der Waals surface area contributed by atoms with E-state index in [1.165, 1.54) is 17.3 Å². The van der Waals surface area contributed by atoms with Gasteiger partial charge < -0.3 is 5.32 Å². The Hall–Kier alpha value is -1.99. The zero-order chi connectivity index (χ0) is 20.9. The molecule has 2 rings (SSSR count). The molecule has 0 aromatic heterocycles. The van der Waals surface area contributed by atoms with Crippen LogP contribution in [0.5, 0.6) is 0 Å². The smallest absolute Gasteiger partial charge is 0.241 e. The molecule has 0 radical (unpaired) electrons. The summed E-state index contributed by atoms with van der Waals surface area (Å²) in [5, 5.41) is 2.98. The number of anilines is 1. The molecular formula is C21H28N2O3S2. The Morgan fingerprint density at radius 2 is 1.86 bits per heavy atom. The Labute approximate surface area is 172 Å². The van der Waals surface area contributed by atoms with Gasteiger partial charge in [0.2, 0.25) is 15.9 Å². The number of hydrogen-bond donors (Lipinski definition) is 1. The zero-order valence-corrected chi connectivity index (χ0v) is 18.7. The van der Waals surface area contributed by atoms with E-state index in [2.05, 4.69) is 11.4 Å². The molecule has 2 aromatic carbocycles. The number of nitrogens with zero attached hydrogens (tertiary/aromatic N) is 1. The maximum atomic E-state index is 12.7. The van der Waals surface area contributed by atoms with E-state index in [0.717, 1.165) is 33.0 Å². The number of carbonyl (C=O) groups is 1. The first-order chi connectivity index (χ1) is 13.2. The van der Waals surface area contributed by atoms with Crippen molar-refractivity contribution < 1.29 is 13.2 Å². The molecule has 0 aliphatic heterocycles. The van der Waals surface area contributed by atoms with Crippen LogP contribution in [0.3, 0.4) is 0 Å². The molecule has 1 amide bonds. The van der Waals surface area contributed by atoms with Gasteiger partial charge in [0, 0.05) is 4.90 Å². The van der Waals surface area contributed by atoms with Crippen LogP contribution in [0, 0.1) is 13.8 Å². The molecule has 0 spiro atoms. The summed E-state index contributed by atoms with van der Waals surface area (Å²) in [6.45, 7) is 5.83. The molecule has 0 saturated carbocycles. The summed E-state index contributed by atoms with van der Waals surface area (Å²) < 4.78 is 25.8. The highest BCUT2D eigenvalue weighted by atomic mass is 32.2. The van der Waals surface area contributed by atoms with Gasteiger partial charge in [-0.25, -0.2) is 8.42 Å². The molecule has 28 heavy (non-hydrogen) atoms. The first-order valence-electron chi connectivity index (χ1n) is 9.14. The van der Waals surface area contributed by atoms with Crippen LogP contribution in [0.1, 0.15) is 36.1 Å². The summed E-state index contributed by atoms with van der Waals surface area (Å²) in [6, 6.07) is 13.1. The van der Waals surface area contributed by atoms with E-state index in [-0.39, 0.29) is 18.5 Å². The minimum atomic E-state index is -3.59. The third kappa shape index (κ3) is 5.75. The number of carbonyl (C=O) groups excluding carboxylic acids is 1. The van der Waals surface area contributed by atoms with Crippen LogP contribution in [0.25, 0.3) is 0 Å². The van der Waals surface area contributed by atoms with Crippen molar-refractivity contribution in [3.63, 3.8) is 0 Å². The summed E-state index contributed by atoms with van der Waals surface area (Å²) in [6.07, 6.45) is 3.76. The van der Waals surface area contributed by atoms with Gasteiger partial charge in [-0.15, -0.1) is 11.8 Å². The second-order valence-electron chi connectivity index (χ2n) is 6.84. The van der Waals surface area contributed by atoms with E-state index in [4.69, 9.17) is 0 Å². The molecule has 0 aliphatic rings. The quantitative estimate of drug-likeness (QED) is 0.654. The Bertz CT molecular complexity index is 942. The van der Waals surface area contributed by atoms with Crippen LogP contribution < -0.4 is 9.62 Å². The van der Waals surface area contributed by atoms with Gasteiger partial charge >= 0.3 is 0 Å². The molecule has 0 bridgehead atoms. The second kappa shape index (κ2) is 9.47. The van der Waals surface area contributed by atoms with Gasteiger partial charge in [-0.3, -0.25) is 9.10 Å². The molecule has 0 unspecified atom stereocenters. The third-order valence-electron chi connectivity index (χ3n) is 4.71. The number of hydrogen-bond acceptors (Lipinski definition) is 4. The molecule has 0 heterocycles. The summed E-state index contributed by atoms with van der Waals surface area (Å²) >= 11 is 1.52. The fourth-order valence-corrected chi connectivity index (χ4v) is 4.24. The highest BCUT2D eigenvalue weighted by molar-refractivity contribution is 7.98. The first-order valence-corrected chi connectivity index (χ1v) is 12.2. The van der Waals surface area contributed by atoms with Crippen molar-refractivity contribution in [3.05, 3.63) is 59.2 Å². The average Bonchev–Trinajstić information content (AvgIpc) is 2.65. The normalized spacial score (nSPS) is 12.5. The summed E-state index contributed by atoms with van der Waals surface area (Å²) in [5.41, 5.74) is 3.87. The van der Waals surface area contributed by atoms with Gasteiger partial charge in [-0.2, -0.15) is 0 Å². The van der Waals surface area contributed by atoms with E-state index < -0.39 is 10.0 Å². The maximum Gasteiger partial charge on any atom is 0.241 e. The number of aryl methyl sites for hydroxylation is 2.